The Bertz CT molecular complexity index is 442. The number of halogens is 2. The Balaban J connectivity index is 1.76. The second kappa shape index (κ2) is 5.28. The van der Waals surface area contributed by atoms with Crippen molar-refractivity contribution in [3.63, 3.8) is 0 Å². The minimum atomic E-state index is 0.350. The highest BCUT2D eigenvalue weighted by atomic mass is 35.5. The number of likely N-dealkylation sites (tertiary alicyclic amines) is 1. The molecule has 4 heteroatoms. The standard InChI is InChI=1S/C14H17Cl2NO/c15-12-1-4-17(5-2-12)9-11-8-13(16)7-10-3-6-18-14(10)11/h7-8,12H,1-6,9H2. The molecule has 1 aromatic rings. The number of hydrogen-bond acceptors (Lipinski definition) is 2. The Morgan fingerprint density at radius 3 is 2.83 bits per heavy atom. The minimum absolute atomic E-state index is 0.350. The van der Waals surface area contributed by atoms with E-state index in [1.165, 1.54) is 11.1 Å². The first kappa shape index (κ1) is 12.6. The summed E-state index contributed by atoms with van der Waals surface area (Å²) in [5.41, 5.74) is 2.48. The van der Waals surface area contributed by atoms with Gasteiger partial charge in [-0.1, -0.05) is 11.6 Å². The predicted octanol–water partition coefficient (Wildman–Crippen LogP) is 3.48. The first-order valence-electron chi connectivity index (χ1n) is 6.53. The largest absolute Gasteiger partial charge is 0.493 e. The van der Waals surface area contributed by atoms with Gasteiger partial charge in [-0.2, -0.15) is 0 Å². The van der Waals surface area contributed by atoms with Crippen LogP contribution in [0.2, 0.25) is 5.02 Å². The number of hydrogen-bond donors (Lipinski definition) is 0. The van der Waals surface area contributed by atoms with Gasteiger partial charge in [-0.05, 0) is 43.6 Å². The molecular weight excluding hydrogens is 269 g/mol. The number of nitrogens with zero attached hydrogens (tertiary/aromatic N) is 1. The van der Waals surface area contributed by atoms with Crippen LogP contribution in [0.1, 0.15) is 24.0 Å². The van der Waals surface area contributed by atoms with Crippen LogP contribution < -0.4 is 4.74 Å². The summed E-state index contributed by atoms with van der Waals surface area (Å²) in [7, 11) is 0. The molecule has 0 aliphatic carbocycles. The van der Waals surface area contributed by atoms with Gasteiger partial charge in [-0.3, -0.25) is 4.90 Å². The highest BCUT2D eigenvalue weighted by molar-refractivity contribution is 6.30. The molecular formula is C14H17Cl2NO. The van der Waals surface area contributed by atoms with Crippen molar-refractivity contribution < 1.29 is 4.74 Å². The Labute approximate surface area is 118 Å². The van der Waals surface area contributed by atoms with E-state index in [1.54, 1.807) is 0 Å². The van der Waals surface area contributed by atoms with Crippen LogP contribution in [0.25, 0.3) is 0 Å². The van der Waals surface area contributed by atoms with E-state index in [0.717, 1.165) is 56.3 Å². The lowest BCUT2D eigenvalue weighted by atomic mass is 10.1. The highest BCUT2D eigenvalue weighted by Gasteiger charge is 2.22. The van der Waals surface area contributed by atoms with E-state index in [-0.39, 0.29) is 0 Å². The third-order valence-corrected chi connectivity index (χ3v) is 4.39. The number of piperidine rings is 1. The third-order valence-electron chi connectivity index (χ3n) is 3.74. The molecule has 18 heavy (non-hydrogen) atoms. The van der Waals surface area contributed by atoms with Gasteiger partial charge in [0.2, 0.25) is 0 Å². The van der Waals surface area contributed by atoms with Crippen LogP contribution in [0.4, 0.5) is 0 Å². The molecule has 0 unspecified atom stereocenters. The molecule has 3 rings (SSSR count). The summed E-state index contributed by atoms with van der Waals surface area (Å²) in [5, 5.41) is 1.17. The fourth-order valence-corrected chi connectivity index (χ4v) is 3.22. The second-order valence-corrected chi connectivity index (χ2v) is 6.16. The summed E-state index contributed by atoms with van der Waals surface area (Å²) in [4.78, 5) is 2.44. The van der Waals surface area contributed by atoms with Crippen LogP contribution in [0.15, 0.2) is 12.1 Å². The molecule has 0 atom stereocenters. The maximum atomic E-state index is 6.17. The lowest BCUT2D eigenvalue weighted by molar-refractivity contribution is 0.220. The Kier molecular flexibility index (Phi) is 3.69. The van der Waals surface area contributed by atoms with E-state index in [0.29, 0.717) is 5.38 Å². The van der Waals surface area contributed by atoms with Crippen molar-refractivity contribution >= 4 is 23.2 Å². The van der Waals surface area contributed by atoms with E-state index < -0.39 is 0 Å². The molecule has 0 N–H and O–H groups in total. The van der Waals surface area contributed by atoms with Gasteiger partial charge in [0.1, 0.15) is 5.75 Å². The summed E-state index contributed by atoms with van der Waals surface area (Å²) < 4.78 is 5.74. The first-order chi connectivity index (χ1) is 8.72. The molecule has 0 aromatic heterocycles. The molecule has 1 aromatic carbocycles. The fraction of sp³-hybridized carbons (Fsp3) is 0.571. The van der Waals surface area contributed by atoms with Gasteiger partial charge in [0.25, 0.3) is 0 Å². The molecule has 2 aliphatic rings. The van der Waals surface area contributed by atoms with Crippen molar-refractivity contribution in [1.29, 1.82) is 0 Å². The Morgan fingerprint density at radius 1 is 1.28 bits per heavy atom. The molecule has 0 radical (unpaired) electrons. The van der Waals surface area contributed by atoms with Gasteiger partial charge >= 0.3 is 0 Å². The second-order valence-electron chi connectivity index (χ2n) is 5.10. The summed E-state index contributed by atoms with van der Waals surface area (Å²) in [6.07, 6.45) is 3.13. The van der Waals surface area contributed by atoms with Crippen LogP contribution in [0.3, 0.4) is 0 Å². The lowest BCUT2D eigenvalue weighted by Crippen LogP contribution is -2.33. The maximum Gasteiger partial charge on any atom is 0.127 e. The molecule has 0 saturated carbocycles. The van der Waals surface area contributed by atoms with Crippen LogP contribution in [0, 0.1) is 0 Å². The number of benzene rings is 1. The maximum absolute atomic E-state index is 6.17. The van der Waals surface area contributed by atoms with Gasteiger partial charge in [-0.25, -0.2) is 0 Å². The van der Waals surface area contributed by atoms with Crippen molar-refractivity contribution in [2.45, 2.75) is 31.2 Å². The zero-order valence-corrected chi connectivity index (χ0v) is 11.8. The average molecular weight is 286 g/mol. The summed E-state index contributed by atoms with van der Waals surface area (Å²) >= 11 is 12.3. The summed E-state index contributed by atoms with van der Waals surface area (Å²) in [5.74, 6) is 1.06. The van der Waals surface area contributed by atoms with Gasteiger partial charge < -0.3 is 4.74 Å². The number of rotatable bonds is 2. The van der Waals surface area contributed by atoms with E-state index >= 15 is 0 Å². The van der Waals surface area contributed by atoms with Gasteiger partial charge in [0.15, 0.2) is 0 Å². The molecule has 0 spiro atoms. The average Bonchev–Trinajstić information content (AvgIpc) is 2.80. The van der Waals surface area contributed by atoms with Crippen LogP contribution in [0.5, 0.6) is 5.75 Å². The van der Waals surface area contributed by atoms with Crippen LogP contribution >= 0.6 is 23.2 Å². The summed E-state index contributed by atoms with van der Waals surface area (Å²) in [6, 6.07) is 4.07. The molecule has 1 saturated heterocycles. The normalized spacial score (nSPS) is 20.8. The molecule has 1 fully saturated rings. The van der Waals surface area contributed by atoms with Crippen molar-refractivity contribution in [3.05, 3.63) is 28.3 Å². The lowest BCUT2D eigenvalue weighted by Gasteiger charge is -2.29. The molecule has 0 amide bonds. The zero-order chi connectivity index (χ0) is 12.5. The topological polar surface area (TPSA) is 12.5 Å². The summed E-state index contributed by atoms with van der Waals surface area (Å²) in [6.45, 7) is 3.84. The van der Waals surface area contributed by atoms with Crippen molar-refractivity contribution in [2.24, 2.45) is 0 Å². The molecule has 0 bridgehead atoms. The Hall–Kier alpha value is -0.440. The Morgan fingerprint density at radius 2 is 2.06 bits per heavy atom. The monoisotopic (exact) mass is 285 g/mol. The number of fused-ring (bicyclic) bond motifs is 1. The molecule has 2 heterocycles. The van der Waals surface area contributed by atoms with E-state index in [4.69, 9.17) is 27.9 Å². The van der Waals surface area contributed by atoms with Gasteiger partial charge in [-0.15, -0.1) is 11.6 Å². The zero-order valence-electron chi connectivity index (χ0n) is 10.3. The minimum Gasteiger partial charge on any atom is -0.493 e. The van der Waals surface area contributed by atoms with Crippen LogP contribution in [-0.2, 0) is 13.0 Å². The van der Waals surface area contributed by atoms with Gasteiger partial charge in [0, 0.05) is 28.9 Å². The molecule has 2 nitrogen and oxygen atoms in total. The van der Waals surface area contributed by atoms with Crippen molar-refractivity contribution in [3.8, 4) is 5.75 Å². The molecule has 98 valence electrons. The van der Waals surface area contributed by atoms with E-state index in [2.05, 4.69) is 4.90 Å². The number of alkyl halides is 1. The van der Waals surface area contributed by atoms with Gasteiger partial charge in [0.05, 0.1) is 6.61 Å². The third kappa shape index (κ3) is 2.61. The van der Waals surface area contributed by atoms with Crippen molar-refractivity contribution in [2.75, 3.05) is 19.7 Å². The fourth-order valence-electron chi connectivity index (χ4n) is 2.76. The van der Waals surface area contributed by atoms with E-state index in [9.17, 15) is 0 Å². The highest BCUT2D eigenvalue weighted by Crippen LogP contribution is 2.34. The smallest absolute Gasteiger partial charge is 0.127 e. The molecule has 2 aliphatic heterocycles. The first-order valence-corrected chi connectivity index (χ1v) is 7.34. The van der Waals surface area contributed by atoms with Crippen molar-refractivity contribution in [1.82, 2.24) is 4.90 Å². The van der Waals surface area contributed by atoms with Crippen LogP contribution in [-0.4, -0.2) is 30.0 Å². The number of ether oxygens (including phenoxy) is 1. The SMILES string of the molecule is Clc1cc2c(c(CN3CCC(Cl)CC3)c1)OCC2. The predicted molar refractivity (Wildman–Crippen MR) is 74.8 cm³/mol. The quantitative estimate of drug-likeness (QED) is 0.772. The van der Waals surface area contributed by atoms with E-state index in [1.807, 2.05) is 12.1 Å².